The van der Waals surface area contributed by atoms with Crippen molar-refractivity contribution in [3.05, 3.63) is 12.2 Å². The second-order valence-corrected chi connectivity index (χ2v) is 8.50. The zero-order chi connectivity index (χ0) is 18.7. The molecule has 3 unspecified atom stereocenters. The van der Waals surface area contributed by atoms with E-state index in [9.17, 15) is 4.79 Å². The topological polar surface area (TPSA) is 51.2 Å². The molecule has 26 heavy (non-hydrogen) atoms. The monoisotopic (exact) mass is 361 g/mol. The van der Waals surface area contributed by atoms with Crippen LogP contribution in [0.5, 0.6) is 0 Å². The van der Waals surface area contributed by atoms with E-state index < -0.39 is 0 Å². The average Bonchev–Trinajstić information content (AvgIpc) is 3.25. The van der Waals surface area contributed by atoms with E-state index in [1.54, 1.807) is 19.0 Å². The van der Waals surface area contributed by atoms with Crippen molar-refractivity contribution >= 4 is 11.9 Å². The maximum Gasteiger partial charge on any atom is 0.243 e. The zero-order valence-electron chi connectivity index (χ0n) is 16.7. The minimum Gasteiger partial charge on any atom is -0.353 e. The molecular formula is C20H35N5O. The maximum atomic E-state index is 11.9. The number of guanidine groups is 1. The first-order valence-electron chi connectivity index (χ1n) is 10.1. The molecule has 3 atom stereocenters. The number of fused-ring (bicyclic) bond motifs is 2. The molecule has 3 rings (SSSR count). The highest BCUT2D eigenvalue weighted by Crippen LogP contribution is 2.46. The van der Waals surface area contributed by atoms with Crippen LogP contribution in [0.4, 0.5) is 0 Å². The third-order valence-corrected chi connectivity index (χ3v) is 6.19. The summed E-state index contributed by atoms with van der Waals surface area (Å²) in [5, 5.41) is 3.38. The number of hydrogen-bond acceptors (Lipinski definition) is 3. The lowest BCUT2D eigenvalue weighted by molar-refractivity contribution is -0.127. The summed E-state index contributed by atoms with van der Waals surface area (Å²) in [5.74, 6) is 2.81. The first-order chi connectivity index (χ1) is 12.4. The molecule has 6 nitrogen and oxygen atoms in total. The van der Waals surface area contributed by atoms with Crippen LogP contribution < -0.4 is 5.32 Å². The molecule has 1 heterocycles. The predicted molar refractivity (Wildman–Crippen MR) is 106 cm³/mol. The van der Waals surface area contributed by atoms with Crippen LogP contribution in [0.15, 0.2) is 17.1 Å². The van der Waals surface area contributed by atoms with Gasteiger partial charge in [-0.1, -0.05) is 18.6 Å². The molecule has 146 valence electrons. The number of likely N-dealkylation sites (N-methyl/N-ethyl adjacent to an activating group) is 1. The van der Waals surface area contributed by atoms with Crippen LogP contribution in [-0.4, -0.2) is 86.0 Å². The molecule has 2 saturated carbocycles. The standard InChI is InChI=1S/C20H35N5O/c1-15(2)13-21-20(22-14-19(26)23(3)4)25-9-7-24(8-10-25)18-12-16-5-6-17(18)11-16/h16-18H,1,5-14H2,2-4H3,(H,21,22). The third-order valence-electron chi connectivity index (χ3n) is 6.19. The van der Waals surface area contributed by atoms with Crippen LogP contribution in [0.2, 0.25) is 0 Å². The molecule has 0 aromatic rings. The van der Waals surface area contributed by atoms with Gasteiger partial charge in [0.25, 0.3) is 0 Å². The van der Waals surface area contributed by atoms with E-state index in [4.69, 9.17) is 0 Å². The molecule has 1 aliphatic heterocycles. The Bertz CT molecular complexity index is 550. The molecule has 2 aliphatic carbocycles. The molecule has 3 fully saturated rings. The number of nitrogens with one attached hydrogen (secondary N) is 1. The van der Waals surface area contributed by atoms with Crippen LogP contribution in [0, 0.1) is 11.8 Å². The molecule has 0 aromatic carbocycles. The second kappa shape index (κ2) is 8.42. The van der Waals surface area contributed by atoms with Crippen molar-refractivity contribution in [3.63, 3.8) is 0 Å². The summed E-state index contributed by atoms with van der Waals surface area (Å²) in [6.07, 6.45) is 5.78. The Labute approximate surface area is 158 Å². The van der Waals surface area contributed by atoms with Gasteiger partial charge < -0.3 is 15.1 Å². The summed E-state index contributed by atoms with van der Waals surface area (Å²) in [4.78, 5) is 23.1. The molecule has 0 aromatic heterocycles. The number of aliphatic imine (C=N–C) groups is 1. The Balaban J connectivity index is 1.56. The molecule has 1 amide bonds. The highest BCUT2D eigenvalue weighted by Gasteiger charge is 2.42. The summed E-state index contributed by atoms with van der Waals surface area (Å²) < 4.78 is 0. The van der Waals surface area contributed by atoms with E-state index >= 15 is 0 Å². The van der Waals surface area contributed by atoms with Crippen molar-refractivity contribution < 1.29 is 4.79 Å². The molecule has 1 saturated heterocycles. The fourth-order valence-corrected chi connectivity index (χ4v) is 4.71. The van der Waals surface area contributed by atoms with Crippen LogP contribution in [0.1, 0.15) is 32.6 Å². The minimum absolute atomic E-state index is 0.0280. The van der Waals surface area contributed by atoms with Gasteiger partial charge in [-0.25, -0.2) is 4.99 Å². The molecule has 3 aliphatic rings. The summed E-state index contributed by atoms with van der Waals surface area (Å²) in [6.45, 7) is 11.0. The fourth-order valence-electron chi connectivity index (χ4n) is 4.71. The van der Waals surface area contributed by atoms with Crippen molar-refractivity contribution in [2.75, 3.05) is 53.4 Å². The van der Waals surface area contributed by atoms with E-state index in [1.807, 2.05) is 6.92 Å². The van der Waals surface area contributed by atoms with E-state index in [-0.39, 0.29) is 12.5 Å². The van der Waals surface area contributed by atoms with Crippen LogP contribution in [0.25, 0.3) is 0 Å². The number of nitrogens with zero attached hydrogens (tertiary/aromatic N) is 4. The predicted octanol–water partition coefficient (Wildman–Crippen LogP) is 1.40. The Kier molecular flexibility index (Phi) is 6.22. The molecule has 0 radical (unpaired) electrons. The number of hydrogen-bond donors (Lipinski definition) is 1. The van der Waals surface area contributed by atoms with Crippen molar-refractivity contribution in [3.8, 4) is 0 Å². The van der Waals surface area contributed by atoms with E-state index in [0.717, 1.165) is 55.6 Å². The summed E-state index contributed by atoms with van der Waals surface area (Å²) >= 11 is 0. The molecular weight excluding hydrogens is 326 g/mol. The Morgan fingerprint density at radius 1 is 1.19 bits per heavy atom. The average molecular weight is 362 g/mol. The Morgan fingerprint density at radius 2 is 1.92 bits per heavy atom. The van der Waals surface area contributed by atoms with Gasteiger partial charge in [-0.2, -0.15) is 0 Å². The maximum absolute atomic E-state index is 11.9. The Hall–Kier alpha value is -1.56. The number of carbonyl (C=O) groups excluding carboxylic acids is 1. The summed E-state index contributed by atoms with van der Waals surface area (Å²) in [6, 6.07) is 0.815. The number of amides is 1. The lowest BCUT2D eigenvalue weighted by Crippen LogP contribution is -2.55. The van der Waals surface area contributed by atoms with Crippen LogP contribution in [-0.2, 0) is 4.79 Å². The molecule has 1 N–H and O–H groups in total. The van der Waals surface area contributed by atoms with Gasteiger partial charge in [-0.05, 0) is 38.0 Å². The van der Waals surface area contributed by atoms with Gasteiger partial charge in [-0.15, -0.1) is 0 Å². The van der Waals surface area contributed by atoms with Gasteiger partial charge in [0.2, 0.25) is 5.91 Å². The summed E-state index contributed by atoms with van der Waals surface area (Å²) in [7, 11) is 3.54. The van der Waals surface area contributed by atoms with Crippen molar-refractivity contribution in [2.45, 2.75) is 38.6 Å². The van der Waals surface area contributed by atoms with Gasteiger partial charge in [0, 0.05) is 52.9 Å². The third kappa shape index (κ3) is 4.58. The van der Waals surface area contributed by atoms with Gasteiger partial charge in [0.05, 0.1) is 0 Å². The van der Waals surface area contributed by atoms with E-state index in [1.165, 1.54) is 25.7 Å². The minimum atomic E-state index is 0.0280. The van der Waals surface area contributed by atoms with Gasteiger partial charge >= 0.3 is 0 Å². The van der Waals surface area contributed by atoms with Crippen LogP contribution in [0.3, 0.4) is 0 Å². The van der Waals surface area contributed by atoms with Gasteiger partial charge in [0.1, 0.15) is 6.54 Å². The molecule has 2 bridgehead atoms. The lowest BCUT2D eigenvalue weighted by atomic mass is 9.93. The summed E-state index contributed by atoms with van der Waals surface area (Å²) in [5.41, 5.74) is 1.07. The first-order valence-corrected chi connectivity index (χ1v) is 10.1. The quantitative estimate of drug-likeness (QED) is 0.457. The normalized spacial score (nSPS) is 29.1. The highest BCUT2D eigenvalue weighted by atomic mass is 16.2. The van der Waals surface area contributed by atoms with Gasteiger partial charge in [0.15, 0.2) is 5.96 Å². The van der Waals surface area contributed by atoms with Crippen LogP contribution >= 0.6 is 0 Å². The van der Waals surface area contributed by atoms with Crippen molar-refractivity contribution in [1.29, 1.82) is 0 Å². The molecule has 0 spiro atoms. The lowest BCUT2D eigenvalue weighted by Gasteiger charge is -2.42. The smallest absolute Gasteiger partial charge is 0.243 e. The highest BCUT2D eigenvalue weighted by molar-refractivity contribution is 5.85. The second-order valence-electron chi connectivity index (χ2n) is 8.50. The largest absolute Gasteiger partial charge is 0.353 e. The number of piperazine rings is 1. The SMILES string of the molecule is C=C(C)CNC(=NCC(=O)N(C)C)N1CCN(C2CC3CCC2C3)CC1. The molecule has 6 heteroatoms. The van der Waals surface area contributed by atoms with E-state index in [2.05, 4.69) is 26.7 Å². The zero-order valence-corrected chi connectivity index (χ0v) is 16.7. The number of carbonyl (C=O) groups is 1. The Morgan fingerprint density at radius 3 is 2.46 bits per heavy atom. The van der Waals surface area contributed by atoms with E-state index in [0.29, 0.717) is 6.54 Å². The fraction of sp³-hybridized carbons (Fsp3) is 0.800. The first kappa shape index (κ1) is 19.2. The van der Waals surface area contributed by atoms with Crippen molar-refractivity contribution in [2.24, 2.45) is 16.8 Å². The van der Waals surface area contributed by atoms with Crippen molar-refractivity contribution in [1.82, 2.24) is 20.0 Å². The number of rotatable bonds is 5. The van der Waals surface area contributed by atoms with Gasteiger partial charge in [-0.3, -0.25) is 9.69 Å².